The van der Waals surface area contributed by atoms with Crippen molar-refractivity contribution in [2.24, 2.45) is 0 Å². The van der Waals surface area contributed by atoms with Gasteiger partial charge >= 0.3 is 0 Å². The molecule has 0 radical (unpaired) electrons. The molecule has 1 heterocycles. The van der Waals surface area contributed by atoms with E-state index >= 15 is 0 Å². The van der Waals surface area contributed by atoms with Crippen molar-refractivity contribution in [2.45, 2.75) is 30.9 Å². The van der Waals surface area contributed by atoms with E-state index in [1.807, 2.05) is 0 Å². The SMILES string of the molecule is OC1[C@@H](O)[C@H](O)O[C@H](O)[C@@H]1O. The number of aliphatic hydroxyl groups is 5. The summed E-state index contributed by atoms with van der Waals surface area (Å²) in [7, 11) is 0. The van der Waals surface area contributed by atoms with Crippen molar-refractivity contribution in [1.82, 2.24) is 0 Å². The summed E-state index contributed by atoms with van der Waals surface area (Å²) < 4.78 is 4.23. The summed E-state index contributed by atoms with van der Waals surface area (Å²) >= 11 is 0. The summed E-state index contributed by atoms with van der Waals surface area (Å²) in [5.74, 6) is 0. The van der Waals surface area contributed by atoms with E-state index in [2.05, 4.69) is 4.74 Å². The predicted octanol–water partition coefficient (Wildman–Crippen LogP) is -3.26. The molecule has 1 rings (SSSR count). The van der Waals surface area contributed by atoms with Gasteiger partial charge in [0.05, 0.1) is 0 Å². The Kier molecular flexibility index (Phi) is 2.43. The zero-order valence-electron chi connectivity index (χ0n) is 5.53. The highest BCUT2D eigenvalue weighted by atomic mass is 16.7. The van der Waals surface area contributed by atoms with Gasteiger partial charge in [-0.05, 0) is 0 Å². The van der Waals surface area contributed by atoms with Crippen LogP contribution in [0.5, 0.6) is 0 Å². The standard InChI is InChI=1S/C5H10O6/c6-1-2(7)4(9)11-5(10)3(1)8/h1-10H/t1?,2-,3-,4-,5+/m1/s1. The smallest absolute Gasteiger partial charge is 0.186 e. The second-order valence-corrected chi connectivity index (χ2v) is 2.39. The lowest BCUT2D eigenvalue weighted by atomic mass is 10.0. The number of hydrogen-bond acceptors (Lipinski definition) is 6. The molecule has 0 spiro atoms. The molecule has 11 heavy (non-hydrogen) atoms. The Morgan fingerprint density at radius 1 is 0.636 bits per heavy atom. The maximum absolute atomic E-state index is 8.89. The Labute approximate surface area is 62.3 Å². The third kappa shape index (κ3) is 1.51. The summed E-state index contributed by atoms with van der Waals surface area (Å²) in [4.78, 5) is 0. The number of ether oxygens (including phenoxy) is 1. The van der Waals surface area contributed by atoms with Gasteiger partial charge in [-0.15, -0.1) is 0 Å². The summed E-state index contributed by atoms with van der Waals surface area (Å²) in [6, 6.07) is 0. The quantitative estimate of drug-likeness (QED) is 0.258. The third-order valence-electron chi connectivity index (χ3n) is 1.56. The molecule has 5 N–H and O–H groups in total. The van der Waals surface area contributed by atoms with Crippen molar-refractivity contribution in [2.75, 3.05) is 0 Å². The molecule has 6 heteroatoms. The summed E-state index contributed by atoms with van der Waals surface area (Å²) in [6.07, 6.45) is -8.10. The fourth-order valence-corrected chi connectivity index (χ4v) is 0.843. The highest BCUT2D eigenvalue weighted by molar-refractivity contribution is 4.83. The van der Waals surface area contributed by atoms with Crippen LogP contribution in [0.4, 0.5) is 0 Å². The lowest BCUT2D eigenvalue weighted by Gasteiger charge is -2.35. The number of rotatable bonds is 0. The minimum Gasteiger partial charge on any atom is -0.387 e. The van der Waals surface area contributed by atoms with Gasteiger partial charge in [-0.1, -0.05) is 0 Å². The molecule has 0 aromatic rings. The van der Waals surface area contributed by atoms with Crippen LogP contribution in [0, 0.1) is 0 Å². The largest absolute Gasteiger partial charge is 0.387 e. The van der Waals surface area contributed by atoms with E-state index in [0.29, 0.717) is 0 Å². The van der Waals surface area contributed by atoms with E-state index in [9.17, 15) is 0 Å². The lowest BCUT2D eigenvalue weighted by molar-refractivity contribution is -0.328. The molecule has 0 saturated carbocycles. The first-order chi connectivity index (χ1) is 5.04. The maximum Gasteiger partial charge on any atom is 0.186 e. The lowest BCUT2D eigenvalue weighted by Crippen LogP contribution is -2.57. The minimum absolute atomic E-state index is 1.59. The molecule has 6 nitrogen and oxygen atoms in total. The average molecular weight is 166 g/mol. The fraction of sp³-hybridized carbons (Fsp3) is 1.00. The van der Waals surface area contributed by atoms with Crippen molar-refractivity contribution < 1.29 is 30.3 Å². The molecule has 1 fully saturated rings. The predicted molar refractivity (Wildman–Crippen MR) is 31.1 cm³/mol. The molecule has 1 saturated heterocycles. The van der Waals surface area contributed by atoms with Crippen LogP contribution in [0.15, 0.2) is 0 Å². The second kappa shape index (κ2) is 3.02. The first kappa shape index (κ1) is 8.85. The maximum atomic E-state index is 8.89. The van der Waals surface area contributed by atoms with E-state index in [-0.39, 0.29) is 0 Å². The molecule has 5 atom stereocenters. The van der Waals surface area contributed by atoms with Crippen LogP contribution in [0.1, 0.15) is 0 Å². The van der Waals surface area contributed by atoms with Gasteiger partial charge < -0.3 is 30.3 Å². The Morgan fingerprint density at radius 2 is 1.00 bits per heavy atom. The zero-order valence-corrected chi connectivity index (χ0v) is 5.53. The molecule has 0 amide bonds. The van der Waals surface area contributed by atoms with Gasteiger partial charge in [0.15, 0.2) is 12.6 Å². The van der Waals surface area contributed by atoms with Crippen LogP contribution in [-0.2, 0) is 4.74 Å². The van der Waals surface area contributed by atoms with Crippen molar-refractivity contribution in [3.05, 3.63) is 0 Å². The van der Waals surface area contributed by atoms with Crippen molar-refractivity contribution >= 4 is 0 Å². The highest BCUT2D eigenvalue weighted by Crippen LogP contribution is 2.17. The molecule has 66 valence electrons. The molecule has 0 bridgehead atoms. The van der Waals surface area contributed by atoms with Crippen molar-refractivity contribution in [1.29, 1.82) is 0 Å². The van der Waals surface area contributed by atoms with Gasteiger partial charge in [0.1, 0.15) is 18.3 Å². The average Bonchev–Trinajstić information content (AvgIpc) is 1.97. The summed E-state index contributed by atoms with van der Waals surface area (Å²) in [5.41, 5.74) is 0. The van der Waals surface area contributed by atoms with Crippen LogP contribution in [-0.4, -0.2) is 56.4 Å². The normalized spacial score (nSPS) is 52.6. The Bertz CT molecular complexity index is 125. The van der Waals surface area contributed by atoms with Crippen LogP contribution in [0.2, 0.25) is 0 Å². The van der Waals surface area contributed by atoms with E-state index in [1.54, 1.807) is 0 Å². The van der Waals surface area contributed by atoms with Gasteiger partial charge in [-0.2, -0.15) is 0 Å². The van der Waals surface area contributed by atoms with Gasteiger partial charge in [0, 0.05) is 0 Å². The number of aliphatic hydroxyl groups excluding tert-OH is 5. The Morgan fingerprint density at radius 3 is 1.36 bits per heavy atom. The monoisotopic (exact) mass is 166 g/mol. The van der Waals surface area contributed by atoms with E-state index in [0.717, 1.165) is 0 Å². The zero-order chi connectivity index (χ0) is 8.59. The molecule has 1 unspecified atom stereocenters. The van der Waals surface area contributed by atoms with Crippen LogP contribution in [0.3, 0.4) is 0 Å². The molecule has 0 aliphatic carbocycles. The van der Waals surface area contributed by atoms with Gasteiger partial charge in [0.2, 0.25) is 0 Å². The van der Waals surface area contributed by atoms with Crippen molar-refractivity contribution in [3.63, 3.8) is 0 Å². The molecule has 1 aliphatic rings. The van der Waals surface area contributed by atoms with E-state index in [1.165, 1.54) is 0 Å². The minimum atomic E-state index is -1.66. The summed E-state index contributed by atoms with van der Waals surface area (Å²) in [6.45, 7) is 0. The first-order valence-electron chi connectivity index (χ1n) is 3.10. The first-order valence-corrected chi connectivity index (χ1v) is 3.10. The molecule has 1 aliphatic heterocycles. The van der Waals surface area contributed by atoms with Crippen LogP contribution < -0.4 is 0 Å². The second-order valence-electron chi connectivity index (χ2n) is 2.39. The topological polar surface area (TPSA) is 110 Å². The molecular weight excluding hydrogens is 156 g/mol. The van der Waals surface area contributed by atoms with Gasteiger partial charge in [-0.3, -0.25) is 0 Å². The van der Waals surface area contributed by atoms with E-state index < -0.39 is 30.9 Å². The third-order valence-corrected chi connectivity index (χ3v) is 1.56. The molecular formula is C5H10O6. The Balaban J connectivity index is 2.63. The summed E-state index contributed by atoms with van der Waals surface area (Å²) in [5, 5.41) is 44.0. The highest BCUT2D eigenvalue weighted by Gasteiger charge is 2.42. The van der Waals surface area contributed by atoms with E-state index in [4.69, 9.17) is 25.5 Å². The molecule has 0 aromatic heterocycles. The fourth-order valence-electron chi connectivity index (χ4n) is 0.843. The van der Waals surface area contributed by atoms with Gasteiger partial charge in [-0.25, -0.2) is 0 Å². The van der Waals surface area contributed by atoms with Crippen LogP contribution in [0.25, 0.3) is 0 Å². The van der Waals surface area contributed by atoms with Gasteiger partial charge in [0.25, 0.3) is 0 Å². The molecule has 0 aromatic carbocycles. The Hall–Kier alpha value is -0.240. The van der Waals surface area contributed by atoms with Crippen LogP contribution >= 0.6 is 0 Å². The number of hydrogen-bond donors (Lipinski definition) is 5. The van der Waals surface area contributed by atoms with Crippen molar-refractivity contribution in [3.8, 4) is 0 Å².